The first-order valence-electron chi connectivity index (χ1n) is 3.52. The Hall–Kier alpha value is -0.900. The lowest BCUT2D eigenvalue weighted by Gasteiger charge is -2.04. The number of nitrogens with one attached hydrogen (secondary N) is 1. The van der Waals surface area contributed by atoms with Crippen molar-refractivity contribution in [1.82, 2.24) is 5.48 Å². The number of benzene rings is 1. The van der Waals surface area contributed by atoms with Crippen LogP contribution >= 0.6 is 0 Å². The molecule has 0 saturated heterocycles. The van der Waals surface area contributed by atoms with Crippen molar-refractivity contribution in [2.75, 3.05) is 0 Å². The quantitative estimate of drug-likeness (QED) is 0.556. The normalized spacial score (nSPS) is 10.0. The molecule has 0 aliphatic rings. The van der Waals surface area contributed by atoms with Gasteiger partial charge in [-0.3, -0.25) is 0 Å². The predicted molar refractivity (Wildman–Crippen MR) is 43.0 cm³/mol. The zero-order chi connectivity index (χ0) is 8.10. The zero-order valence-corrected chi connectivity index (χ0v) is 6.25. The van der Waals surface area contributed by atoms with E-state index in [0.29, 0.717) is 13.1 Å². The van der Waals surface area contributed by atoms with Crippen molar-refractivity contribution in [3.8, 4) is 0 Å². The Bertz CT molecular complexity index is 225. The van der Waals surface area contributed by atoms with Crippen LogP contribution in [0.2, 0.25) is 0 Å². The largest absolute Gasteiger partial charge is 0.326 e. The summed E-state index contributed by atoms with van der Waals surface area (Å²) in [5, 5.41) is 8.45. The fraction of sp³-hybridized carbons (Fsp3) is 0.250. The van der Waals surface area contributed by atoms with Crippen molar-refractivity contribution in [2.45, 2.75) is 13.1 Å². The minimum absolute atomic E-state index is 0.452. The van der Waals surface area contributed by atoms with Gasteiger partial charge in [-0.2, -0.15) is 0 Å². The van der Waals surface area contributed by atoms with Gasteiger partial charge in [0.25, 0.3) is 0 Å². The van der Waals surface area contributed by atoms with Crippen molar-refractivity contribution in [3.05, 3.63) is 35.4 Å². The van der Waals surface area contributed by atoms with Crippen LogP contribution < -0.4 is 11.2 Å². The number of hydroxylamine groups is 1. The maximum Gasteiger partial charge on any atom is 0.0461 e. The van der Waals surface area contributed by atoms with E-state index in [9.17, 15) is 0 Å². The molecule has 1 aromatic carbocycles. The molecule has 4 N–H and O–H groups in total. The van der Waals surface area contributed by atoms with Crippen LogP contribution in [0.3, 0.4) is 0 Å². The molecular weight excluding hydrogens is 140 g/mol. The Morgan fingerprint density at radius 3 is 2.45 bits per heavy atom. The molecule has 0 fully saturated rings. The summed E-state index contributed by atoms with van der Waals surface area (Å²) < 4.78 is 0. The van der Waals surface area contributed by atoms with Crippen molar-refractivity contribution >= 4 is 0 Å². The summed E-state index contributed by atoms with van der Waals surface area (Å²) in [5.74, 6) is 0. The van der Waals surface area contributed by atoms with Gasteiger partial charge in [0, 0.05) is 13.1 Å². The van der Waals surface area contributed by atoms with E-state index in [0.717, 1.165) is 11.1 Å². The summed E-state index contributed by atoms with van der Waals surface area (Å²) in [6.45, 7) is 0.964. The molecule has 1 aromatic rings. The van der Waals surface area contributed by atoms with Gasteiger partial charge in [0.05, 0.1) is 0 Å². The van der Waals surface area contributed by atoms with Gasteiger partial charge in [0.1, 0.15) is 0 Å². The number of hydrogen-bond acceptors (Lipinski definition) is 3. The zero-order valence-electron chi connectivity index (χ0n) is 6.25. The third-order valence-corrected chi connectivity index (χ3v) is 1.61. The third-order valence-electron chi connectivity index (χ3n) is 1.61. The predicted octanol–water partition coefficient (Wildman–Crippen LogP) is 0.624. The van der Waals surface area contributed by atoms with Gasteiger partial charge in [0.15, 0.2) is 0 Å². The van der Waals surface area contributed by atoms with Gasteiger partial charge in [0.2, 0.25) is 0 Å². The van der Waals surface area contributed by atoms with Crippen LogP contribution in [0.5, 0.6) is 0 Å². The molecule has 0 aliphatic carbocycles. The van der Waals surface area contributed by atoms with E-state index in [1.807, 2.05) is 24.3 Å². The summed E-state index contributed by atoms with van der Waals surface area (Å²) in [5.41, 5.74) is 9.68. The molecule has 3 heteroatoms. The molecule has 0 spiro atoms. The Morgan fingerprint density at radius 2 is 1.91 bits per heavy atom. The van der Waals surface area contributed by atoms with E-state index in [-0.39, 0.29) is 0 Å². The Balaban J connectivity index is 2.83. The van der Waals surface area contributed by atoms with Crippen LogP contribution in [-0.4, -0.2) is 5.21 Å². The van der Waals surface area contributed by atoms with Crippen molar-refractivity contribution < 1.29 is 5.21 Å². The average molecular weight is 152 g/mol. The Labute approximate surface area is 65.8 Å². The first kappa shape index (κ1) is 8.20. The van der Waals surface area contributed by atoms with Crippen molar-refractivity contribution in [2.24, 2.45) is 5.73 Å². The summed E-state index contributed by atoms with van der Waals surface area (Å²) in [7, 11) is 0. The third kappa shape index (κ3) is 2.01. The monoisotopic (exact) mass is 152 g/mol. The second-order valence-electron chi connectivity index (χ2n) is 2.31. The van der Waals surface area contributed by atoms with E-state index >= 15 is 0 Å². The highest BCUT2D eigenvalue weighted by molar-refractivity contribution is 5.26. The SMILES string of the molecule is NCc1ccccc1CNO. The van der Waals surface area contributed by atoms with Crippen LogP contribution in [0.25, 0.3) is 0 Å². The second-order valence-corrected chi connectivity index (χ2v) is 2.31. The van der Waals surface area contributed by atoms with Crippen molar-refractivity contribution in [1.29, 1.82) is 0 Å². The van der Waals surface area contributed by atoms with E-state index in [2.05, 4.69) is 5.48 Å². The van der Waals surface area contributed by atoms with E-state index < -0.39 is 0 Å². The van der Waals surface area contributed by atoms with Gasteiger partial charge >= 0.3 is 0 Å². The molecule has 0 aromatic heterocycles. The molecule has 0 amide bonds. The lowest BCUT2D eigenvalue weighted by Crippen LogP contribution is -2.10. The first-order chi connectivity index (χ1) is 5.38. The molecule has 0 unspecified atom stereocenters. The molecule has 0 bridgehead atoms. The van der Waals surface area contributed by atoms with Gasteiger partial charge < -0.3 is 10.9 Å². The minimum atomic E-state index is 0.452. The van der Waals surface area contributed by atoms with Gasteiger partial charge in [-0.1, -0.05) is 24.3 Å². The molecule has 0 radical (unpaired) electrons. The van der Waals surface area contributed by atoms with Crippen LogP contribution in [0.1, 0.15) is 11.1 Å². The maximum absolute atomic E-state index is 8.45. The lowest BCUT2D eigenvalue weighted by atomic mass is 10.1. The highest BCUT2D eigenvalue weighted by Gasteiger charge is 1.96. The number of rotatable bonds is 3. The summed E-state index contributed by atoms with van der Waals surface area (Å²) in [4.78, 5) is 0. The lowest BCUT2D eigenvalue weighted by molar-refractivity contribution is 0.161. The van der Waals surface area contributed by atoms with E-state index in [1.165, 1.54) is 0 Å². The summed E-state index contributed by atoms with van der Waals surface area (Å²) in [6, 6.07) is 7.74. The first-order valence-corrected chi connectivity index (χ1v) is 3.52. The molecule has 0 saturated carbocycles. The molecule has 0 atom stereocenters. The van der Waals surface area contributed by atoms with Gasteiger partial charge in [-0.25, -0.2) is 5.48 Å². The van der Waals surface area contributed by atoms with Crippen LogP contribution in [-0.2, 0) is 13.1 Å². The Morgan fingerprint density at radius 1 is 1.27 bits per heavy atom. The molecule has 1 rings (SSSR count). The molecule has 60 valence electrons. The molecule has 0 aliphatic heterocycles. The maximum atomic E-state index is 8.45. The second kappa shape index (κ2) is 4.08. The van der Waals surface area contributed by atoms with Crippen LogP contribution in [0, 0.1) is 0 Å². The topological polar surface area (TPSA) is 58.3 Å². The van der Waals surface area contributed by atoms with Gasteiger partial charge in [-0.05, 0) is 11.1 Å². The highest BCUT2D eigenvalue weighted by Crippen LogP contribution is 2.06. The highest BCUT2D eigenvalue weighted by atomic mass is 16.5. The van der Waals surface area contributed by atoms with E-state index in [4.69, 9.17) is 10.9 Å². The fourth-order valence-electron chi connectivity index (χ4n) is 1.01. The molecule has 0 heterocycles. The molecular formula is C8H12N2O. The average Bonchev–Trinajstić information content (AvgIpc) is 2.06. The summed E-state index contributed by atoms with van der Waals surface area (Å²) in [6.07, 6.45) is 0. The summed E-state index contributed by atoms with van der Waals surface area (Å²) >= 11 is 0. The van der Waals surface area contributed by atoms with Crippen LogP contribution in [0.4, 0.5) is 0 Å². The Kier molecular flexibility index (Phi) is 3.04. The minimum Gasteiger partial charge on any atom is -0.326 e. The molecule has 3 nitrogen and oxygen atoms in total. The number of hydrogen-bond donors (Lipinski definition) is 3. The van der Waals surface area contributed by atoms with Crippen molar-refractivity contribution in [3.63, 3.8) is 0 Å². The number of nitrogens with two attached hydrogens (primary N) is 1. The molecule has 11 heavy (non-hydrogen) atoms. The van der Waals surface area contributed by atoms with E-state index in [1.54, 1.807) is 0 Å². The fourth-order valence-corrected chi connectivity index (χ4v) is 1.01. The smallest absolute Gasteiger partial charge is 0.0461 e. The van der Waals surface area contributed by atoms with Crippen LogP contribution in [0.15, 0.2) is 24.3 Å². The van der Waals surface area contributed by atoms with Gasteiger partial charge in [-0.15, -0.1) is 0 Å². The standard InChI is InChI=1S/C8H12N2O/c9-5-7-3-1-2-4-8(7)6-10-11/h1-4,10-11H,5-6,9H2.